The molecule has 2 aliphatic heterocycles. The molecule has 9 heteroatoms. The van der Waals surface area contributed by atoms with Crippen molar-refractivity contribution < 1.29 is 18.8 Å². The predicted octanol–water partition coefficient (Wildman–Crippen LogP) is 3.77. The van der Waals surface area contributed by atoms with Gasteiger partial charge in [-0.1, -0.05) is 54.6 Å². The molecule has 1 unspecified atom stereocenters. The molecule has 39 heavy (non-hydrogen) atoms. The summed E-state index contributed by atoms with van der Waals surface area (Å²) in [7, 11) is 0. The first kappa shape index (κ1) is 24.7. The highest BCUT2D eigenvalue weighted by Crippen LogP contribution is 2.45. The van der Waals surface area contributed by atoms with Crippen LogP contribution in [0.3, 0.4) is 0 Å². The summed E-state index contributed by atoms with van der Waals surface area (Å²) in [5.41, 5.74) is 15.3. The highest BCUT2D eigenvalue weighted by atomic mass is 16.3. The molecule has 6 rings (SSSR count). The number of primary amides is 2. The molecule has 1 aromatic heterocycles. The summed E-state index contributed by atoms with van der Waals surface area (Å²) < 4.78 is 6.59. The maximum absolute atomic E-state index is 13.6. The number of carbonyl (C=O) groups excluding carboxylic acids is 3. The van der Waals surface area contributed by atoms with Gasteiger partial charge in [0, 0.05) is 29.6 Å². The number of hydrogen-bond acceptors (Lipinski definition) is 5. The van der Waals surface area contributed by atoms with Crippen molar-refractivity contribution in [2.75, 3.05) is 24.5 Å². The van der Waals surface area contributed by atoms with Crippen molar-refractivity contribution in [3.8, 4) is 11.1 Å². The van der Waals surface area contributed by atoms with Gasteiger partial charge >= 0.3 is 6.03 Å². The Morgan fingerprint density at radius 2 is 1.77 bits per heavy atom. The van der Waals surface area contributed by atoms with Gasteiger partial charge in [0.25, 0.3) is 0 Å². The molecule has 4 aromatic rings. The minimum atomic E-state index is -0.510. The molecule has 0 saturated carbocycles. The summed E-state index contributed by atoms with van der Waals surface area (Å²) in [5.74, 6) is -0.219. The molecule has 3 aromatic carbocycles. The van der Waals surface area contributed by atoms with E-state index in [1.165, 1.54) is 0 Å². The van der Waals surface area contributed by atoms with Crippen molar-refractivity contribution >= 4 is 34.5 Å². The number of nitrogens with zero attached hydrogens (tertiary/aromatic N) is 2. The van der Waals surface area contributed by atoms with E-state index in [2.05, 4.69) is 5.32 Å². The average molecular weight is 524 g/mol. The van der Waals surface area contributed by atoms with Crippen molar-refractivity contribution in [1.29, 1.82) is 0 Å². The number of benzene rings is 3. The lowest BCUT2D eigenvalue weighted by Crippen LogP contribution is -2.50. The molecule has 1 saturated heterocycles. The number of hydrogen-bond donors (Lipinski definition) is 3. The van der Waals surface area contributed by atoms with E-state index >= 15 is 0 Å². The number of carbonyl (C=O) groups is 3. The number of nitrogens with two attached hydrogens (primary N) is 2. The first-order chi connectivity index (χ1) is 18.9. The topological polar surface area (TPSA) is 135 Å². The lowest BCUT2D eigenvalue weighted by molar-refractivity contribution is -0.122. The minimum absolute atomic E-state index is 0.241. The van der Waals surface area contributed by atoms with Gasteiger partial charge in [-0.15, -0.1) is 0 Å². The van der Waals surface area contributed by atoms with Gasteiger partial charge in [-0.3, -0.25) is 19.4 Å². The van der Waals surface area contributed by atoms with Crippen molar-refractivity contribution in [1.82, 2.24) is 10.2 Å². The number of para-hydroxylation sites is 1. The summed E-state index contributed by atoms with van der Waals surface area (Å²) in [5, 5.41) is 3.90. The summed E-state index contributed by atoms with van der Waals surface area (Å²) in [6.07, 6.45) is 1.62. The zero-order valence-electron chi connectivity index (χ0n) is 21.3. The van der Waals surface area contributed by atoms with Gasteiger partial charge < -0.3 is 21.2 Å². The fourth-order valence-corrected chi connectivity index (χ4v) is 5.77. The molecular weight excluding hydrogens is 494 g/mol. The second kappa shape index (κ2) is 9.92. The number of furan rings is 1. The van der Waals surface area contributed by atoms with Gasteiger partial charge in [0.2, 0.25) is 11.8 Å². The van der Waals surface area contributed by atoms with Gasteiger partial charge in [0.15, 0.2) is 5.76 Å². The monoisotopic (exact) mass is 523 g/mol. The number of urea groups is 1. The Labute approximate surface area is 225 Å². The van der Waals surface area contributed by atoms with E-state index in [9.17, 15) is 14.4 Å². The van der Waals surface area contributed by atoms with Crippen molar-refractivity contribution in [3.05, 3.63) is 89.7 Å². The second-order valence-corrected chi connectivity index (χ2v) is 9.98. The molecule has 9 nitrogen and oxygen atoms in total. The molecule has 2 aliphatic rings. The fourth-order valence-electron chi connectivity index (χ4n) is 5.77. The number of amides is 4. The quantitative estimate of drug-likeness (QED) is 0.339. The lowest BCUT2D eigenvalue weighted by Gasteiger charge is -2.34. The molecule has 0 aliphatic carbocycles. The summed E-state index contributed by atoms with van der Waals surface area (Å²) in [4.78, 5) is 41.1. The Bertz CT molecular complexity index is 1580. The van der Waals surface area contributed by atoms with E-state index in [1.54, 1.807) is 23.1 Å². The Kier molecular flexibility index (Phi) is 6.28. The van der Waals surface area contributed by atoms with Crippen LogP contribution in [-0.2, 0) is 4.79 Å². The highest BCUT2D eigenvalue weighted by Gasteiger charge is 2.38. The van der Waals surface area contributed by atoms with E-state index in [0.29, 0.717) is 35.7 Å². The second-order valence-electron chi connectivity index (χ2n) is 9.98. The Morgan fingerprint density at radius 1 is 0.974 bits per heavy atom. The largest absolute Gasteiger partial charge is 0.456 e. The Morgan fingerprint density at radius 3 is 2.54 bits per heavy atom. The van der Waals surface area contributed by atoms with Crippen LogP contribution in [0.5, 0.6) is 0 Å². The summed E-state index contributed by atoms with van der Waals surface area (Å²) in [6, 6.07) is 21.5. The van der Waals surface area contributed by atoms with Crippen LogP contribution in [0.1, 0.15) is 40.6 Å². The zero-order chi connectivity index (χ0) is 27.1. The van der Waals surface area contributed by atoms with Gasteiger partial charge in [0.1, 0.15) is 11.6 Å². The van der Waals surface area contributed by atoms with E-state index < -0.39 is 11.9 Å². The minimum Gasteiger partial charge on any atom is -0.456 e. The van der Waals surface area contributed by atoms with Crippen LogP contribution in [0.2, 0.25) is 0 Å². The number of anilines is 1. The normalized spacial score (nSPS) is 19.2. The van der Waals surface area contributed by atoms with Crippen molar-refractivity contribution in [3.63, 3.8) is 0 Å². The van der Waals surface area contributed by atoms with E-state index in [4.69, 9.17) is 15.9 Å². The van der Waals surface area contributed by atoms with Gasteiger partial charge in [0.05, 0.1) is 11.7 Å². The Balaban J connectivity index is 1.47. The third-order valence-electron chi connectivity index (χ3n) is 7.65. The molecule has 4 amide bonds. The van der Waals surface area contributed by atoms with E-state index in [1.807, 2.05) is 59.5 Å². The van der Waals surface area contributed by atoms with Crippen LogP contribution in [0.25, 0.3) is 22.1 Å². The molecule has 5 N–H and O–H groups in total. The first-order valence-corrected chi connectivity index (χ1v) is 13.0. The number of nitrogens with one attached hydrogen (secondary N) is 1. The van der Waals surface area contributed by atoms with Gasteiger partial charge in [-0.2, -0.15) is 0 Å². The van der Waals surface area contributed by atoms with E-state index in [0.717, 1.165) is 41.5 Å². The maximum atomic E-state index is 13.6. The standard InChI is InChI=1S/C30H29N5O4/c31-28(36)20-10-4-9-19(17-20)21-11-5-12-22-25-27(39-26(21)22)24(18-7-2-1-3-8-18)33-30(38)35(25)16-15-34-14-6-13-23(34)29(32)37/h1-5,7-12,17,23-24H,6,13-16H2,(H2,31,36)(H2,32,37)(H,33,38)/t23-,24?/m1/s1. The zero-order valence-corrected chi connectivity index (χ0v) is 21.3. The third kappa shape index (κ3) is 4.40. The molecule has 3 heterocycles. The van der Waals surface area contributed by atoms with Gasteiger partial charge in [-0.05, 0) is 48.7 Å². The first-order valence-electron chi connectivity index (χ1n) is 13.0. The Hall–Kier alpha value is -4.63. The molecular formula is C30H29N5O4. The number of fused-ring (bicyclic) bond motifs is 3. The van der Waals surface area contributed by atoms with Crippen molar-refractivity contribution in [2.24, 2.45) is 11.5 Å². The molecule has 2 atom stereocenters. The number of likely N-dealkylation sites (tertiary alicyclic amines) is 1. The number of rotatable bonds is 7. The van der Waals surface area contributed by atoms with Crippen LogP contribution in [0.15, 0.2) is 77.2 Å². The smallest absolute Gasteiger partial charge is 0.322 e. The maximum Gasteiger partial charge on any atom is 0.322 e. The molecule has 0 radical (unpaired) electrons. The average Bonchev–Trinajstić information content (AvgIpc) is 3.58. The molecule has 0 bridgehead atoms. The molecule has 0 spiro atoms. The van der Waals surface area contributed by atoms with Crippen LogP contribution in [0.4, 0.5) is 10.5 Å². The fraction of sp³-hybridized carbons (Fsp3) is 0.233. The summed E-state index contributed by atoms with van der Waals surface area (Å²) >= 11 is 0. The SMILES string of the molecule is NC(=O)c1cccc(-c2cccc3c4c(oc23)C(c2ccccc2)NC(=O)N4CCN2CCC[C@@H]2C(N)=O)c1. The van der Waals surface area contributed by atoms with Gasteiger partial charge in [-0.25, -0.2) is 4.79 Å². The molecule has 198 valence electrons. The van der Waals surface area contributed by atoms with Crippen LogP contribution in [0, 0.1) is 0 Å². The lowest BCUT2D eigenvalue weighted by atomic mass is 9.98. The van der Waals surface area contributed by atoms with Crippen molar-refractivity contribution in [2.45, 2.75) is 24.9 Å². The third-order valence-corrected chi connectivity index (χ3v) is 7.65. The predicted molar refractivity (Wildman–Crippen MR) is 148 cm³/mol. The molecule has 1 fully saturated rings. The van der Waals surface area contributed by atoms with Crippen LogP contribution in [-0.4, -0.2) is 48.4 Å². The van der Waals surface area contributed by atoms with E-state index in [-0.39, 0.29) is 18.0 Å². The summed E-state index contributed by atoms with van der Waals surface area (Å²) in [6.45, 7) is 1.62. The van der Waals surface area contributed by atoms with Crippen LogP contribution >= 0.6 is 0 Å². The van der Waals surface area contributed by atoms with Crippen LogP contribution < -0.4 is 21.7 Å². The highest BCUT2D eigenvalue weighted by molar-refractivity contribution is 6.09.